The van der Waals surface area contributed by atoms with E-state index in [9.17, 15) is 27.5 Å². The van der Waals surface area contributed by atoms with Gasteiger partial charge in [-0.15, -0.1) is 18.3 Å². The van der Waals surface area contributed by atoms with Crippen LogP contribution in [-0.2, 0) is 18.9 Å². The number of hydrogen-bond donors (Lipinski definition) is 3. The first kappa shape index (κ1) is 23.3. The Hall–Kier alpha value is -3.41. The fourth-order valence-corrected chi connectivity index (χ4v) is 5.77. The largest absolute Gasteiger partial charge is 0.504 e. The second-order valence-electron chi connectivity index (χ2n) is 9.51. The predicted molar refractivity (Wildman–Crippen MR) is 118 cm³/mol. The first-order valence-corrected chi connectivity index (χ1v) is 11.2. The topological polar surface area (TPSA) is 111 Å². The maximum absolute atomic E-state index is 13.4. The summed E-state index contributed by atoms with van der Waals surface area (Å²) in [6.07, 6.45) is -1.81. The van der Waals surface area contributed by atoms with Gasteiger partial charge in [0.25, 0.3) is 5.91 Å². The fraction of sp³-hybridized carbons (Fsp3) is 0.435. The Kier molecular flexibility index (Phi) is 5.38. The molecule has 2 aliphatic rings. The van der Waals surface area contributed by atoms with E-state index in [1.54, 1.807) is 17.9 Å². The molecule has 5 rings (SSSR count). The van der Waals surface area contributed by atoms with Crippen LogP contribution in [0.4, 0.5) is 29.1 Å². The van der Waals surface area contributed by atoms with Crippen LogP contribution in [0.25, 0.3) is 0 Å². The van der Waals surface area contributed by atoms with Crippen molar-refractivity contribution in [1.29, 1.82) is 0 Å². The molecule has 2 aliphatic carbocycles. The third-order valence-electron chi connectivity index (χ3n) is 7.16. The number of amides is 1. The number of alkyl halides is 3. The van der Waals surface area contributed by atoms with Crippen LogP contribution >= 0.6 is 0 Å². The van der Waals surface area contributed by atoms with Crippen molar-refractivity contribution in [1.82, 2.24) is 19.3 Å². The number of carbonyl (C=O) groups excluding carboxylic acids is 1. The molecule has 2 saturated carbocycles. The van der Waals surface area contributed by atoms with Crippen LogP contribution in [0.15, 0.2) is 36.7 Å². The number of fused-ring (bicyclic) bond motifs is 1. The van der Waals surface area contributed by atoms with Gasteiger partial charge in [0.1, 0.15) is 22.9 Å². The van der Waals surface area contributed by atoms with Crippen molar-refractivity contribution < 1.29 is 27.5 Å². The summed E-state index contributed by atoms with van der Waals surface area (Å²) >= 11 is 0. The molecule has 1 aromatic carbocycles. The minimum atomic E-state index is -4.79. The van der Waals surface area contributed by atoms with E-state index < -0.39 is 17.7 Å². The van der Waals surface area contributed by atoms with E-state index in [2.05, 4.69) is 15.4 Å². The van der Waals surface area contributed by atoms with E-state index in [-0.39, 0.29) is 52.7 Å². The molecule has 2 aromatic heterocycles. The molecule has 12 heteroatoms. The van der Waals surface area contributed by atoms with Gasteiger partial charge in [-0.05, 0) is 61.8 Å². The van der Waals surface area contributed by atoms with Gasteiger partial charge >= 0.3 is 6.30 Å². The number of rotatable bonds is 4. The molecule has 0 bridgehead atoms. The molecular formula is C23H24F4N6O2. The third-order valence-corrected chi connectivity index (χ3v) is 7.16. The number of imidazole rings is 1. The van der Waals surface area contributed by atoms with Gasteiger partial charge in [0.05, 0.1) is 17.7 Å². The maximum atomic E-state index is 13.4. The number of hydrogen-bond acceptors (Lipinski definition) is 5. The SMILES string of the molecule is Cn1cnc(C2CC3CC(O)(c4cc(N)nn4C(F)(F)F)CC3C2)c1C(=O)Nc1ccc(F)cc1. The number of benzene rings is 1. The molecular weight excluding hydrogens is 468 g/mol. The Morgan fingerprint density at radius 2 is 1.83 bits per heavy atom. The lowest BCUT2D eigenvalue weighted by atomic mass is 9.90. The molecule has 35 heavy (non-hydrogen) atoms. The highest BCUT2D eigenvalue weighted by Gasteiger charge is 2.53. The summed E-state index contributed by atoms with van der Waals surface area (Å²) in [5.41, 5.74) is 4.91. The molecule has 2 fully saturated rings. The molecule has 2 heterocycles. The van der Waals surface area contributed by atoms with Gasteiger partial charge in [-0.2, -0.15) is 4.68 Å². The van der Waals surface area contributed by atoms with E-state index >= 15 is 0 Å². The first-order valence-electron chi connectivity index (χ1n) is 11.2. The molecule has 186 valence electrons. The molecule has 0 saturated heterocycles. The van der Waals surface area contributed by atoms with Gasteiger partial charge in [-0.3, -0.25) is 4.79 Å². The number of nitrogens with zero attached hydrogens (tertiary/aromatic N) is 4. The Morgan fingerprint density at radius 3 is 2.43 bits per heavy atom. The molecule has 0 spiro atoms. The number of anilines is 2. The lowest BCUT2D eigenvalue weighted by Crippen LogP contribution is -2.32. The fourth-order valence-electron chi connectivity index (χ4n) is 5.77. The quantitative estimate of drug-likeness (QED) is 0.479. The van der Waals surface area contributed by atoms with Crippen molar-refractivity contribution >= 4 is 17.4 Å². The van der Waals surface area contributed by atoms with Crippen LogP contribution in [0.5, 0.6) is 0 Å². The van der Waals surface area contributed by atoms with Crippen LogP contribution in [0.3, 0.4) is 0 Å². The molecule has 8 nitrogen and oxygen atoms in total. The Balaban J connectivity index is 1.34. The standard InChI is InChI=1S/C23H24F4N6O2/c1-32-11-29-19(20(32)21(34)30-16-4-2-15(24)3-5-16)12-6-13-9-22(35,10-14(13)7-12)17-8-18(28)31-33(17)23(25,26)27/h2-5,8,11-14,35H,6-7,9-10H2,1H3,(H2,28,31)(H,30,34). The number of aryl methyl sites for hydroxylation is 1. The number of carbonyl (C=O) groups is 1. The van der Waals surface area contributed by atoms with Crippen molar-refractivity contribution in [3.05, 3.63) is 59.6 Å². The molecule has 2 unspecified atom stereocenters. The van der Waals surface area contributed by atoms with Crippen LogP contribution < -0.4 is 11.1 Å². The second-order valence-corrected chi connectivity index (χ2v) is 9.51. The molecule has 0 aliphatic heterocycles. The van der Waals surface area contributed by atoms with E-state index in [4.69, 9.17) is 5.73 Å². The lowest BCUT2D eigenvalue weighted by Gasteiger charge is -2.26. The van der Waals surface area contributed by atoms with Gasteiger partial charge in [0.2, 0.25) is 0 Å². The number of nitrogen functional groups attached to an aromatic ring is 1. The van der Waals surface area contributed by atoms with Gasteiger partial charge in [0.15, 0.2) is 0 Å². The van der Waals surface area contributed by atoms with E-state index in [0.717, 1.165) is 6.07 Å². The minimum absolute atomic E-state index is 0.0437. The van der Waals surface area contributed by atoms with Crippen molar-refractivity contribution in [3.63, 3.8) is 0 Å². The number of aromatic nitrogens is 4. The van der Waals surface area contributed by atoms with Crippen LogP contribution in [0.1, 0.15) is 53.5 Å². The molecule has 1 amide bonds. The molecule has 4 N–H and O–H groups in total. The first-order chi connectivity index (χ1) is 16.4. The maximum Gasteiger partial charge on any atom is 0.504 e. The van der Waals surface area contributed by atoms with Crippen molar-refractivity contribution in [3.8, 4) is 0 Å². The molecule has 3 aromatic rings. The van der Waals surface area contributed by atoms with Crippen LogP contribution in [0, 0.1) is 17.7 Å². The second kappa shape index (κ2) is 8.08. The van der Waals surface area contributed by atoms with Crippen LogP contribution in [-0.4, -0.2) is 30.3 Å². The van der Waals surface area contributed by atoms with Crippen LogP contribution in [0.2, 0.25) is 0 Å². The highest BCUT2D eigenvalue weighted by atomic mass is 19.4. The minimum Gasteiger partial charge on any atom is -0.384 e. The predicted octanol–water partition coefficient (Wildman–Crippen LogP) is 3.86. The van der Waals surface area contributed by atoms with E-state index in [1.165, 1.54) is 24.3 Å². The summed E-state index contributed by atoms with van der Waals surface area (Å²) in [6, 6.07) is 6.50. The number of nitrogens with one attached hydrogen (secondary N) is 1. The summed E-state index contributed by atoms with van der Waals surface area (Å²) in [6.45, 7) is 0. The number of aliphatic hydroxyl groups is 1. The van der Waals surface area contributed by atoms with Crippen molar-refractivity contribution in [2.24, 2.45) is 18.9 Å². The zero-order chi connectivity index (χ0) is 25.1. The summed E-state index contributed by atoms with van der Waals surface area (Å²) in [4.78, 5) is 17.4. The van der Waals surface area contributed by atoms with Gasteiger partial charge < -0.3 is 20.7 Å². The van der Waals surface area contributed by atoms with Crippen molar-refractivity contribution in [2.75, 3.05) is 11.1 Å². The van der Waals surface area contributed by atoms with E-state index in [1.807, 2.05) is 0 Å². The summed E-state index contributed by atoms with van der Waals surface area (Å²) in [5, 5.41) is 17.3. The highest BCUT2D eigenvalue weighted by molar-refractivity contribution is 6.04. The number of halogens is 4. The molecule has 0 radical (unpaired) electrons. The van der Waals surface area contributed by atoms with Gasteiger partial charge in [-0.25, -0.2) is 9.37 Å². The van der Waals surface area contributed by atoms with Gasteiger partial charge in [0, 0.05) is 24.7 Å². The highest BCUT2D eigenvalue weighted by Crippen LogP contribution is 2.57. The third kappa shape index (κ3) is 4.15. The Morgan fingerprint density at radius 1 is 1.20 bits per heavy atom. The monoisotopic (exact) mass is 492 g/mol. The zero-order valence-electron chi connectivity index (χ0n) is 18.8. The average Bonchev–Trinajstić information content (AvgIpc) is 3.51. The smallest absolute Gasteiger partial charge is 0.384 e. The van der Waals surface area contributed by atoms with Crippen molar-refractivity contribution in [2.45, 2.75) is 43.5 Å². The van der Waals surface area contributed by atoms with E-state index in [0.29, 0.717) is 29.9 Å². The summed E-state index contributed by atoms with van der Waals surface area (Å²) < 4.78 is 54.9. The average molecular weight is 492 g/mol. The Labute approximate surface area is 197 Å². The lowest BCUT2D eigenvalue weighted by molar-refractivity contribution is -0.218. The zero-order valence-corrected chi connectivity index (χ0v) is 18.8. The summed E-state index contributed by atoms with van der Waals surface area (Å²) in [7, 11) is 1.70. The molecule has 2 atom stereocenters. The normalized spacial score (nSPS) is 26.2. The van der Waals surface area contributed by atoms with Gasteiger partial charge in [-0.1, -0.05) is 0 Å². The summed E-state index contributed by atoms with van der Waals surface area (Å²) in [5.74, 6) is -1.27. The number of nitrogens with two attached hydrogens (primary N) is 1. The Bertz CT molecular complexity index is 1250.